The van der Waals surface area contributed by atoms with E-state index in [2.05, 4.69) is 37.0 Å². The lowest BCUT2D eigenvalue weighted by Crippen LogP contribution is -2.35. The smallest absolute Gasteiger partial charge is 0.223 e. The fourth-order valence-corrected chi connectivity index (χ4v) is 3.91. The standard InChI is InChI=1S/C23H22N6O/c30-23(27-14-17-6-7-21(25-13-17)28-11-9-24-16-28)19-8-10-29-20(12-19)15-26-22(29)18-4-2-1-3-5-18/h1-7,9,11,13,15-16,19H,8,10,12,14H2,(H,27,30). The van der Waals surface area contributed by atoms with Crippen molar-refractivity contribution in [1.29, 1.82) is 0 Å². The maximum Gasteiger partial charge on any atom is 0.223 e. The van der Waals surface area contributed by atoms with Gasteiger partial charge in [0.15, 0.2) is 0 Å². The van der Waals surface area contributed by atoms with E-state index in [4.69, 9.17) is 0 Å². The molecule has 4 aromatic rings. The maximum absolute atomic E-state index is 12.7. The van der Waals surface area contributed by atoms with Crippen LogP contribution in [0.15, 0.2) is 73.6 Å². The van der Waals surface area contributed by atoms with Gasteiger partial charge in [-0.1, -0.05) is 36.4 Å². The topological polar surface area (TPSA) is 77.6 Å². The molecular formula is C23H22N6O. The average molecular weight is 398 g/mol. The monoisotopic (exact) mass is 398 g/mol. The summed E-state index contributed by atoms with van der Waals surface area (Å²) in [6.45, 7) is 1.28. The second-order valence-electron chi connectivity index (χ2n) is 7.49. The number of hydrogen-bond donors (Lipinski definition) is 1. The summed E-state index contributed by atoms with van der Waals surface area (Å²) in [4.78, 5) is 25.8. The van der Waals surface area contributed by atoms with Crippen LogP contribution in [0.1, 0.15) is 17.7 Å². The minimum Gasteiger partial charge on any atom is -0.352 e. The van der Waals surface area contributed by atoms with Crippen molar-refractivity contribution in [3.8, 4) is 17.2 Å². The molecule has 30 heavy (non-hydrogen) atoms. The number of amides is 1. The van der Waals surface area contributed by atoms with Gasteiger partial charge in [-0.25, -0.2) is 15.0 Å². The Bertz CT molecular complexity index is 1130. The van der Waals surface area contributed by atoms with Gasteiger partial charge in [0.05, 0.1) is 0 Å². The van der Waals surface area contributed by atoms with Crippen LogP contribution in [0.25, 0.3) is 17.2 Å². The van der Waals surface area contributed by atoms with E-state index >= 15 is 0 Å². The molecule has 1 aromatic carbocycles. The molecule has 1 aliphatic heterocycles. The summed E-state index contributed by atoms with van der Waals surface area (Å²) >= 11 is 0. The first-order valence-electron chi connectivity index (χ1n) is 10.1. The van der Waals surface area contributed by atoms with E-state index in [1.165, 1.54) is 0 Å². The number of aromatic nitrogens is 5. The van der Waals surface area contributed by atoms with Gasteiger partial charge in [0.1, 0.15) is 18.0 Å². The maximum atomic E-state index is 12.7. The van der Waals surface area contributed by atoms with Gasteiger partial charge in [-0.15, -0.1) is 0 Å². The SMILES string of the molecule is O=C(NCc1ccc(-n2ccnc2)nc1)C1CCn2c(cnc2-c2ccccc2)C1. The number of nitrogens with one attached hydrogen (secondary N) is 1. The van der Waals surface area contributed by atoms with Crippen molar-refractivity contribution in [2.24, 2.45) is 5.92 Å². The summed E-state index contributed by atoms with van der Waals surface area (Å²) in [6.07, 6.45) is 10.5. The third-order valence-electron chi connectivity index (χ3n) is 5.54. The number of nitrogens with zero attached hydrogens (tertiary/aromatic N) is 5. The van der Waals surface area contributed by atoms with Crippen molar-refractivity contribution >= 4 is 5.91 Å². The fourth-order valence-electron chi connectivity index (χ4n) is 3.91. The van der Waals surface area contributed by atoms with Crippen LogP contribution in [0.5, 0.6) is 0 Å². The van der Waals surface area contributed by atoms with Gasteiger partial charge in [0.25, 0.3) is 0 Å². The Morgan fingerprint density at radius 1 is 1.10 bits per heavy atom. The van der Waals surface area contributed by atoms with Crippen LogP contribution < -0.4 is 5.32 Å². The van der Waals surface area contributed by atoms with Crippen molar-refractivity contribution in [1.82, 2.24) is 29.4 Å². The van der Waals surface area contributed by atoms with Gasteiger partial charge in [-0.2, -0.15) is 0 Å². The summed E-state index contributed by atoms with van der Waals surface area (Å²) < 4.78 is 4.08. The summed E-state index contributed by atoms with van der Waals surface area (Å²) in [5.41, 5.74) is 3.20. The van der Waals surface area contributed by atoms with Crippen molar-refractivity contribution < 1.29 is 4.79 Å². The van der Waals surface area contributed by atoms with E-state index in [0.29, 0.717) is 13.0 Å². The normalized spacial score (nSPS) is 15.5. The summed E-state index contributed by atoms with van der Waals surface area (Å²) in [5.74, 6) is 1.84. The Balaban J connectivity index is 1.20. The molecule has 0 spiro atoms. The number of imidazole rings is 2. The second-order valence-corrected chi connectivity index (χ2v) is 7.49. The molecule has 0 saturated heterocycles. The van der Waals surface area contributed by atoms with Gasteiger partial charge in [-0.3, -0.25) is 9.36 Å². The molecule has 5 rings (SSSR count). The van der Waals surface area contributed by atoms with Gasteiger partial charge >= 0.3 is 0 Å². The van der Waals surface area contributed by atoms with Gasteiger partial charge in [0.2, 0.25) is 5.91 Å². The molecule has 4 heterocycles. The number of carbonyl (C=O) groups is 1. The average Bonchev–Trinajstić information content (AvgIpc) is 3.48. The van der Waals surface area contributed by atoms with E-state index in [-0.39, 0.29) is 11.8 Å². The lowest BCUT2D eigenvalue weighted by Gasteiger charge is -2.24. The first-order chi connectivity index (χ1) is 14.8. The molecule has 0 fully saturated rings. The largest absolute Gasteiger partial charge is 0.352 e. The predicted molar refractivity (Wildman–Crippen MR) is 113 cm³/mol. The van der Waals surface area contributed by atoms with Crippen molar-refractivity contribution in [3.05, 3.63) is 84.8 Å². The predicted octanol–water partition coefficient (Wildman–Crippen LogP) is 3.01. The summed E-state index contributed by atoms with van der Waals surface area (Å²) in [5, 5.41) is 3.06. The zero-order valence-corrected chi connectivity index (χ0v) is 16.5. The first kappa shape index (κ1) is 18.3. The molecule has 7 nitrogen and oxygen atoms in total. The van der Waals surface area contributed by atoms with E-state index < -0.39 is 0 Å². The van der Waals surface area contributed by atoms with Crippen LogP contribution in [0.2, 0.25) is 0 Å². The van der Waals surface area contributed by atoms with E-state index in [1.54, 1.807) is 18.7 Å². The van der Waals surface area contributed by atoms with Crippen LogP contribution in [-0.4, -0.2) is 30.0 Å². The molecule has 0 bridgehead atoms. The molecule has 150 valence electrons. The highest BCUT2D eigenvalue weighted by Crippen LogP contribution is 2.27. The third kappa shape index (κ3) is 3.61. The highest BCUT2D eigenvalue weighted by molar-refractivity contribution is 5.79. The molecular weight excluding hydrogens is 376 g/mol. The quantitative estimate of drug-likeness (QED) is 0.561. The van der Waals surface area contributed by atoms with Crippen LogP contribution in [-0.2, 0) is 24.3 Å². The molecule has 1 atom stereocenters. The highest BCUT2D eigenvalue weighted by atomic mass is 16.1. The zero-order chi connectivity index (χ0) is 20.3. The number of benzene rings is 1. The van der Waals surface area contributed by atoms with Gasteiger partial charge in [-0.05, 0) is 18.1 Å². The Hall–Kier alpha value is -3.74. The highest BCUT2D eigenvalue weighted by Gasteiger charge is 2.26. The van der Waals surface area contributed by atoms with E-state index in [9.17, 15) is 4.79 Å². The zero-order valence-electron chi connectivity index (χ0n) is 16.5. The minimum atomic E-state index is -0.0315. The fraction of sp³-hybridized carbons (Fsp3) is 0.217. The van der Waals surface area contributed by atoms with Crippen LogP contribution in [0.3, 0.4) is 0 Å². The lowest BCUT2D eigenvalue weighted by atomic mass is 9.95. The molecule has 0 saturated carbocycles. The summed E-state index contributed by atoms with van der Waals surface area (Å²) in [7, 11) is 0. The Kier molecular flexibility index (Phi) is 4.85. The third-order valence-corrected chi connectivity index (χ3v) is 5.54. The van der Waals surface area contributed by atoms with Crippen molar-refractivity contribution in [2.45, 2.75) is 25.9 Å². The number of carbonyl (C=O) groups excluding carboxylic acids is 1. The van der Waals surface area contributed by atoms with Gasteiger partial charge in [0, 0.05) is 61.5 Å². The molecule has 1 N–H and O–H groups in total. The molecule has 1 aliphatic rings. The number of hydrogen-bond acceptors (Lipinski definition) is 4. The molecule has 0 radical (unpaired) electrons. The Morgan fingerprint density at radius 3 is 2.77 bits per heavy atom. The summed E-state index contributed by atoms with van der Waals surface area (Å²) in [6, 6.07) is 14.1. The molecule has 7 heteroatoms. The van der Waals surface area contributed by atoms with Crippen molar-refractivity contribution in [2.75, 3.05) is 0 Å². The second kappa shape index (κ2) is 7.94. The molecule has 3 aromatic heterocycles. The van der Waals surface area contributed by atoms with Crippen LogP contribution in [0, 0.1) is 5.92 Å². The lowest BCUT2D eigenvalue weighted by molar-refractivity contribution is -0.125. The first-order valence-corrected chi connectivity index (χ1v) is 10.1. The van der Waals surface area contributed by atoms with Crippen LogP contribution in [0.4, 0.5) is 0 Å². The number of pyridine rings is 1. The molecule has 1 unspecified atom stereocenters. The Labute approximate surface area is 174 Å². The number of rotatable bonds is 5. The van der Waals surface area contributed by atoms with Crippen molar-refractivity contribution in [3.63, 3.8) is 0 Å². The van der Waals surface area contributed by atoms with E-state index in [0.717, 1.165) is 41.4 Å². The van der Waals surface area contributed by atoms with Gasteiger partial charge < -0.3 is 9.88 Å². The Morgan fingerprint density at radius 2 is 2.00 bits per heavy atom. The molecule has 1 amide bonds. The van der Waals surface area contributed by atoms with E-state index in [1.807, 2.05) is 47.3 Å². The minimum absolute atomic E-state index is 0.0315. The molecule has 0 aliphatic carbocycles. The number of fused-ring (bicyclic) bond motifs is 1. The van der Waals surface area contributed by atoms with Crippen LogP contribution >= 0.6 is 0 Å².